The minimum absolute atomic E-state index is 0.0150. The van der Waals surface area contributed by atoms with Crippen LogP contribution in [0.2, 0.25) is 0 Å². The molecule has 0 aromatic carbocycles. The van der Waals surface area contributed by atoms with Gasteiger partial charge in [-0.2, -0.15) is 11.8 Å². The van der Waals surface area contributed by atoms with E-state index in [0.717, 1.165) is 38.5 Å². The van der Waals surface area contributed by atoms with Crippen molar-refractivity contribution in [2.45, 2.75) is 154 Å². The maximum Gasteiger partial charge on any atom is 0.327 e. The number of nitrogens with two attached hydrogens (primary N) is 1. The molecule has 0 bridgehead atoms. The molecule has 15 heteroatoms. The van der Waals surface area contributed by atoms with E-state index in [4.69, 9.17) is 39.2 Å². The summed E-state index contributed by atoms with van der Waals surface area (Å²) in [4.78, 5) is 55.1. The summed E-state index contributed by atoms with van der Waals surface area (Å²) in [6.07, 6.45) is 20.6. The maximum absolute atomic E-state index is 12.7. The molecule has 0 unspecified atom stereocenters. The molecule has 0 aliphatic heterocycles. The van der Waals surface area contributed by atoms with Crippen LogP contribution in [0.1, 0.15) is 142 Å². The van der Waals surface area contributed by atoms with Crippen LogP contribution in [0.5, 0.6) is 0 Å². The van der Waals surface area contributed by atoms with Gasteiger partial charge >= 0.3 is 19.5 Å². The lowest BCUT2D eigenvalue weighted by Gasteiger charge is -2.19. The van der Waals surface area contributed by atoms with Crippen molar-refractivity contribution in [3.63, 3.8) is 0 Å². The highest BCUT2D eigenvalue weighted by Gasteiger charge is 2.20. The van der Waals surface area contributed by atoms with Crippen LogP contribution in [0.3, 0.4) is 0 Å². The van der Waals surface area contributed by atoms with E-state index < -0.39 is 19.7 Å². The fraction of sp³-hybridized carbons (Fsp3) is 0.921. The van der Waals surface area contributed by atoms with Crippen molar-refractivity contribution in [2.75, 3.05) is 70.5 Å². The summed E-state index contributed by atoms with van der Waals surface area (Å²) >= 11 is 1.38. The molecule has 0 saturated carbocycles. The monoisotopic (exact) mass is 798 g/mol. The maximum atomic E-state index is 12.7. The average molecular weight is 799 g/mol. The summed E-state index contributed by atoms with van der Waals surface area (Å²) in [7, 11) is -4.05. The van der Waals surface area contributed by atoms with Gasteiger partial charge in [-0.1, -0.05) is 117 Å². The van der Waals surface area contributed by atoms with E-state index >= 15 is 0 Å². The lowest BCUT2D eigenvalue weighted by Crippen LogP contribution is -2.43. The number of hydrogen-bond donors (Lipinski definition) is 4. The molecular weight excluding hydrogens is 723 g/mol. The molecule has 5 N–H and O–H groups in total. The highest BCUT2D eigenvalue weighted by atomic mass is 32.2. The smallest absolute Gasteiger partial charge is 0.327 e. The summed E-state index contributed by atoms with van der Waals surface area (Å²) in [6.45, 7) is 6.04. The third-order valence-corrected chi connectivity index (χ3v) is 10.4. The Bertz CT molecular complexity index is 929. The quantitative estimate of drug-likeness (QED) is 0.0292. The number of rotatable bonds is 40. The van der Waals surface area contributed by atoms with Crippen molar-refractivity contribution in [2.24, 2.45) is 5.73 Å². The van der Waals surface area contributed by atoms with E-state index in [1.807, 2.05) is 0 Å². The van der Waals surface area contributed by atoms with Crippen LogP contribution in [0.4, 0.5) is 0 Å². The molecule has 1 amide bonds. The molecule has 0 heterocycles. The molecule has 0 spiro atoms. The molecule has 2 atom stereocenters. The van der Waals surface area contributed by atoms with E-state index in [9.17, 15) is 18.9 Å². The summed E-state index contributed by atoms with van der Waals surface area (Å²) in [5.41, 5.74) is 6.10. The van der Waals surface area contributed by atoms with Crippen LogP contribution in [-0.4, -0.2) is 110 Å². The Morgan fingerprint density at radius 2 is 1.09 bits per heavy atom. The Balaban J connectivity index is 4.38. The Morgan fingerprint density at radius 1 is 0.642 bits per heavy atom. The van der Waals surface area contributed by atoms with Crippen molar-refractivity contribution >= 4 is 37.2 Å². The molecule has 314 valence electrons. The highest BCUT2D eigenvalue weighted by Crippen LogP contribution is 2.33. The standard InChI is InChI=1S/C38H75N2O11PS/c1-3-5-7-9-11-13-15-17-19-21-36(41)50-31-34(51-37(42)22-20-18-16-14-12-10-8-6-4-2)32-53-33-35(39)38(43)40-23-24-47-25-26-48-27-28-49-29-30-52(44,45)46/h34-35H,3-33,39H2,1-2H3,(H,40,43)(H2,44,45,46)/t34-,35+/m1/s1. The van der Waals surface area contributed by atoms with Crippen LogP contribution >= 0.6 is 19.4 Å². The Labute approximate surface area is 324 Å². The molecule has 0 rings (SSSR count). The summed E-state index contributed by atoms with van der Waals surface area (Å²) < 4.78 is 37.9. The van der Waals surface area contributed by atoms with Gasteiger partial charge in [0, 0.05) is 30.9 Å². The van der Waals surface area contributed by atoms with Crippen LogP contribution in [-0.2, 0) is 42.6 Å². The van der Waals surface area contributed by atoms with Crippen molar-refractivity contribution in [1.82, 2.24) is 5.32 Å². The summed E-state index contributed by atoms with van der Waals surface area (Å²) in [5.74, 6) is -0.250. The first-order chi connectivity index (χ1) is 25.6. The molecule has 0 aliphatic carbocycles. The number of unbranched alkanes of at least 4 members (excludes halogenated alkanes) is 16. The number of esters is 2. The molecule has 13 nitrogen and oxygen atoms in total. The number of thioether (sulfide) groups is 1. The third kappa shape index (κ3) is 38.8. The van der Waals surface area contributed by atoms with E-state index in [-0.39, 0.29) is 63.6 Å². The lowest BCUT2D eigenvalue weighted by molar-refractivity contribution is -0.157. The number of ether oxygens (including phenoxy) is 5. The van der Waals surface area contributed by atoms with Crippen molar-refractivity contribution in [1.29, 1.82) is 0 Å². The molecule has 0 saturated heterocycles. The van der Waals surface area contributed by atoms with Gasteiger partial charge in [-0.05, 0) is 12.8 Å². The normalized spacial score (nSPS) is 12.8. The van der Waals surface area contributed by atoms with Gasteiger partial charge < -0.3 is 44.5 Å². The van der Waals surface area contributed by atoms with E-state index in [0.29, 0.717) is 37.6 Å². The number of amides is 1. The molecule has 0 aromatic heterocycles. The van der Waals surface area contributed by atoms with Gasteiger partial charge in [0.05, 0.1) is 51.8 Å². The second kappa shape index (κ2) is 37.7. The zero-order valence-electron chi connectivity index (χ0n) is 33.1. The Morgan fingerprint density at radius 3 is 1.60 bits per heavy atom. The SMILES string of the molecule is CCCCCCCCCCCC(=O)OC[C@H](CSC[C@H](N)C(=O)NCCOCCOCCOCCP(=O)(O)O)OC(=O)CCCCCCCCCCC. The highest BCUT2D eigenvalue weighted by molar-refractivity contribution is 7.99. The lowest BCUT2D eigenvalue weighted by atomic mass is 10.1. The minimum Gasteiger partial charge on any atom is -0.462 e. The van der Waals surface area contributed by atoms with Gasteiger partial charge in [-0.3, -0.25) is 18.9 Å². The van der Waals surface area contributed by atoms with Crippen molar-refractivity contribution < 1.29 is 52.4 Å². The number of carbonyl (C=O) groups excluding carboxylic acids is 3. The molecule has 53 heavy (non-hydrogen) atoms. The molecular formula is C38H75N2O11PS. The van der Waals surface area contributed by atoms with Gasteiger partial charge in [-0.15, -0.1) is 0 Å². The van der Waals surface area contributed by atoms with Gasteiger partial charge in [0.1, 0.15) is 12.7 Å². The van der Waals surface area contributed by atoms with Crippen molar-refractivity contribution in [3.8, 4) is 0 Å². The van der Waals surface area contributed by atoms with Crippen LogP contribution in [0, 0.1) is 0 Å². The Hall–Kier alpha value is -1.25. The van der Waals surface area contributed by atoms with Crippen LogP contribution in [0.25, 0.3) is 0 Å². The van der Waals surface area contributed by atoms with Gasteiger partial charge in [0.25, 0.3) is 0 Å². The second-order valence-corrected chi connectivity index (χ2v) is 16.5. The molecule has 0 aliphatic rings. The van der Waals surface area contributed by atoms with E-state index in [1.165, 1.54) is 88.8 Å². The summed E-state index contributed by atoms with van der Waals surface area (Å²) in [5, 5.41) is 2.74. The second-order valence-electron chi connectivity index (χ2n) is 13.6. The van der Waals surface area contributed by atoms with Gasteiger partial charge in [0.2, 0.25) is 5.91 Å². The largest absolute Gasteiger partial charge is 0.462 e. The fourth-order valence-electron chi connectivity index (χ4n) is 5.28. The van der Waals surface area contributed by atoms with Crippen LogP contribution in [0.15, 0.2) is 0 Å². The first-order valence-corrected chi connectivity index (χ1v) is 23.3. The molecule has 0 radical (unpaired) electrons. The number of hydrogen-bond acceptors (Lipinski definition) is 11. The Kier molecular flexibility index (Phi) is 36.8. The van der Waals surface area contributed by atoms with E-state index in [1.54, 1.807) is 0 Å². The third-order valence-electron chi connectivity index (χ3n) is 8.45. The predicted molar refractivity (Wildman–Crippen MR) is 212 cm³/mol. The molecule has 0 fully saturated rings. The molecule has 0 aromatic rings. The first-order valence-electron chi connectivity index (χ1n) is 20.3. The zero-order chi connectivity index (χ0) is 39.3. The fourth-order valence-corrected chi connectivity index (χ4v) is 6.62. The van der Waals surface area contributed by atoms with E-state index in [2.05, 4.69) is 19.2 Å². The van der Waals surface area contributed by atoms with Gasteiger partial charge in [0.15, 0.2) is 0 Å². The van der Waals surface area contributed by atoms with Crippen LogP contribution < -0.4 is 11.1 Å². The minimum atomic E-state index is -4.05. The topological polar surface area (TPSA) is 193 Å². The first kappa shape index (κ1) is 51.8. The van der Waals surface area contributed by atoms with Gasteiger partial charge in [-0.25, -0.2) is 0 Å². The average Bonchev–Trinajstić information content (AvgIpc) is 3.12. The zero-order valence-corrected chi connectivity index (χ0v) is 34.8. The number of nitrogens with one attached hydrogen (secondary N) is 1. The number of carbonyl (C=O) groups is 3. The summed E-state index contributed by atoms with van der Waals surface area (Å²) in [6, 6.07) is -0.776. The van der Waals surface area contributed by atoms with Crippen molar-refractivity contribution in [3.05, 3.63) is 0 Å². The predicted octanol–water partition coefficient (Wildman–Crippen LogP) is 6.69.